The predicted molar refractivity (Wildman–Crippen MR) is 48.1 cm³/mol. The Morgan fingerprint density at radius 1 is 1.67 bits per heavy atom. The normalized spacial score (nSPS) is 22.2. The summed E-state index contributed by atoms with van der Waals surface area (Å²) in [6.45, 7) is 4.71. The summed E-state index contributed by atoms with van der Waals surface area (Å²) in [5.41, 5.74) is 0. The molecule has 12 heavy (non-hydrogen) atoms. The molecule has 3 N–H and O–H groups in total. The third kappa shape index (κ3) is 3.09. The highest BCUT2D eigenvalue weighted by Crippen LogP contribution is 1.95. The van der Waals surface area contributed by atoms with Gasteiger partial charge in [-0.05, 0) is 19.4 Å². The van der Waals surface area contributed by atoms with Crippen LogP contribution < -0.4 is 16.0 Å². The van der Waals surface area contributed by atoms with Crippen molar-refractivity contribution in [1.29, 1.82) is 0 Å². The van der Waals surface area contributed by atoms with Crippen molar-refractivity contribution in [2.75, 3.05) is 19.6 Å². The van der Waals surface area contributed by atoms with Crippen molar-refractivity contribution < 1.29 is 4.79 Å². The van der Waals surface area contributed by atoms with E-state index in [4.69, 9.17) is 0 Å². The van der Waals surface area contributed by atoms with Crippen LogP contribution in [-0.2, 0) is 0 Å². The third-order valence-corrected chi connectivity index (χ3v) is 1.93. The summed E-state index contributed by atoms with van der Waals surface area (Å²) < 4.78 is 0. The molecule has 0 spiro atoms. The van der Waals surface area contributed by atoms with Gasteiger partial charge in [0, 0.05) is 19.1 Å². The zero-order chi connectivity index (χ0) is 8.81. The summed E-state index contributed by atoms with van der Waals surface area (Å²) in [6, 6.07) is 0.285. The van der Waals surface area contributed by atoms with E-state index in [-0.39, 0.29) is 6.03 Å². The lowest BCUT2D eigenvalue weighted by molar-refractivity contribution is 0.238. The number of carbonyl (C=O) groups is 1. The SMILES string of the molecule is CCCNC(=O)NC1CCNC1. The van der Waals surface area contributed by atoms with Crippen LogP contribution >= 0.6 is 0 Å². The minimum absolute atomic E-state index is 0.0365. The standard InChI is InChI=1S/C8H17N3O/c1-2-4-10-8(12)11-7-3-5-9-6-7/h7,9H,2-6H2,1H3,(H2,10,11,12). The van der Waals surface area contributed by atoms with Gasteiger partial charge in [-0.15, -0.1) is 0 Å². The van der Waals surface area contributed by atoms with Crippen LogP contribution in [0.25, 0.3) is 0 Å². The van der Waals surface area contributed by atoms with E-state index in [1.165, 1.54) is 0 Å². The molecule has 1 unspecified atom stereocenters. The molecule has 0 aliphatic carbocycles. The van der Waals surface area contributed by atoms with E-state index in [1.807, 2.05) is 6.92 Å². The molecule has 1 atom stereocenters. The zero-order valence-corrected chi connectivity index (χ0v) is 7.52. The maximum atomic E-state index is 11.1. The van der Waals surface area contributed by atoms with E-state index in [1.54, 1.807) is 0 Å². The van der Waals surface area contributed by atoms with Crippen molar-refractivity contribution in [3.05, 3.63) is 0 Å². The van der Waals surface area contributed by atoms with Crippen molar-refractivity contribution in [1.82, 2.24) is 16.0 Å². The highest BCUT2D eigenvalue weighted by Gasteiger charge is 2.15. The molecule has 70 valence electrons. The lowest BCUT2D eigenvalue weighted by Gasteiger charge is -2.11. The molecular weight excluding hydrogens is 154 g/mol. The fraction of sp³-hybridized carbons (Fsp3) is 0.875. The van der Waals surface area contributed by atoms with Crippen molar-refractivity contribution in [3.63, 3.8) is 0 Å². The largest absolute Gasteiger partial charge is 0.338 e. The van der Waals surface area contributed by atoms with Gasteiger partial charge in [-0.25, -0.2) is 4.79 Å². The van der Waals surface area contributed by atoms with Crippen molar-refractivity contribution >= 4 is 6.03 Å². The molecule has 0 bridgehead atoms. The molecule has 1 aliphatic heterocycles. The third-order valence-electron chi connectivity index (χ3n) is 1.93. The van der Waals surface area contributed by atoms with Crippen molar-refractivity contribution in [2.45, 2.75) is 25.8 Å². The van der Waals surface area contributed by atoms with Crippen LogP contribution in [0.5, 0.6) is 0 Å². The Balaban J connectivity index is 2.08. The lowest BCUT2D eigenvalue weighted by atomic mass is 10.3. The van der Waals surface area contributed by atoms with Crippen molar-refractivity contribution in [3.8, 4) is 0 Å². The molecule has 2 amide bonds. The molecule has 1 heterocycles. The van der Waals surface area contributed by atoms with Gasteiger partial charge in [-0.3, -0.25) is 0 Å². The Bertz CT molecular complexity index is 143. The Kier molecular flexibility index (Phi) is 3.87. The van der Waals surface area contributed by atoms with Crippen LogP contribution in [0.4, 0.5) is 4.79 Å². The van der Waals surface area contributed by atoms with Gasteiger partial charge in [-0.2, -0.15) is 0 Å². The molecule has 0 aromatic rings. The average molecular weight is 171 g/mol. The lowest BCUT2D eigenvalue weighted by Crippen LogP contribution is -2.43. The average Bonchev–Trinajstić information content (AvgIpc) is 2.53. The number of carbonyl (C=O) groups excluding carboxylic acids is 1. The van der Waals surface area contributed by atoms with Crippen molar-refractivity contribution in [2.24, 2.45) is 0 Å². The highest BCUT2D eigenvalue weighted by atomic mass is 16.2. The number of nitrogens with one attached hydrogen (secondary N) is 3. The van der Waals surface area contributed by atoms with Crippen LogP contribution in [0.2, 0.25) is 0 Å². The smallest absolute Gasteiger partial charge is 0.315 e. The molecule has 4 nitrogen and oxygen atoms in total. The molecular formula is C8H17N3O. The Morgan fingerprint density at radius 2 is 2.50 bits per heavy atom. The predicted octanol–water partition coefficient (Wildman–Crippen LogP) is 0.0575. The fourth-order valence-corrected chi connectivity index (χ4v) is 1.25. The van der Waals surface area contributed by atoms with E-state index in [0.717, 1.165) is 32.5 Å². The summed E-state index contributed by atoms with van der Waals surface area (Å²) >= 11 is 0. The van der Waals surface area contributed by atoms with Gasteiger partial charge in [0.25, 0.3) is 0 Å². The molecule has 1 rings (SSSR count). The maximum Gasteiger partial charge on any atom is 0.315 e. The second-order valence-electron chi connectivity index (χ2n) is 3.09. The first-order chi connectivity index (χ1) is 5.83. The van der Waals surface area contributed by atoms with Gasteiger partial charge in [0.15, 0.2) is 0 Å². The number of hydrogen-bond acceptors (Lipinski definition) is 2. The fourth-order valence-electron chi connectivity index (χ4n) is 1.25. The minimum Gasteiger partial charge on any atom is -0.338 e. The first kappa shape index (κ1) is 9.32. The van der Waals surface area contributed by atoms with Gasteiger partial charge in [-0.1, -0.05) is 6.92 Å². The molecule has 4 heteroatoms. The van der Waals surface area contributed by atoms with E-state index in [0.29, 0.717) is 6.04 Å². The molecule has 0 saturated carbocycles. The molecule has 0 radical (unpaired) electrons. The first-order valence-electron chi connectivity index (χ1n) is 4.58. The minimum atomic E-state index is -0.0365. The summed E-state index contributed by atoms with van der Waals surface area (Å²) in [7, 11) is 0. The number of rotatable bonds is 3. The number of amides is 2. The van der Waals surface area contributed by atoms with Crippen LogP contribution in [0.1, 0.15) is 19.8 Å². The molecule has 0 aromatic heterocycles. The van der Waals surface area contributed by atoms with Crippen LogP contribution in [0.3, 0.4) is 0 Å². The maximum absolute atomic E-state index is 11.1. The molecule has 1 fully saturated rings. The van der Waals surface area contributed by atoms with Gasteiger partial charge >= 0.3 is 6.03 Å². The summed E-state index contributed by atoms with van der Waals surface area (Å²) in [6.07, 6.45) is 2.02. The van der Waals surface area contributed by atoms with Crippen LogP contribution in [-0.4, -0.2) is 31.7 Å². The summed E-state index contributed by atoms with van der Waals surface area (Å²) in [5.74, 6) is 0. The van der Waals surface area contributed by atoms with Crippen LogP contribution in [0.15, 0.2) is 0 Å². The van der Waals surface area contributed by atoms with Crippen LogP contribution in [0, 0.1) is 0 Å². The number of urea groups is 1. The quantitative estimate of drug-likeness (QED) is 0.562. The Hall–Kier alpha value is -0.770. The summed E-state index contributed by atoms with van der Waals surface area (Å²) in [5, 5.41) is 8.87. The molecule has 0 aromatic carbocycles. The zero-order valence-electron chi connectivity index (χ0n) is 7.52. The molecule has 1 saturated heterocycles. The van der Waals surface area contributed by atoms with Gasteiger partial charge in [0.1, 0.15) is 0 Å². The van der Waals surface area contributed by atoms with Gasteiger partial charge in [0.2, 0.25) is 0 Å². The van der Waals surface area contributed by atoms with E-state index in [2.05, 4.69) is 16.0 Å². The number of hydrogen-bond donors (Lipinski definition) is 3. The van der Waals surface area contributed by atoms with E-state index < -0.39 is 0 Å². The van der Waals surface area contributed by atoms with Gasteiger partial charge < -0.3 is 16.0 Å². The topological polar surface area (TPSA) is 53.2 Å². The van der Waals surface area contributed by atoms with Gasteiger partial charge in [0.05, 0.1) is 0 Å². The van der Waals surface area contributed by atoms with E-state index in [9.17, 15) is 4.79 Å². The summed E-state index contributed by atoms with van der Waals surface area (Å²) in [4.78, 5) is 11.1. The Morgan fingerprint density at radius 3 is 3.08 bits per heavy atom. The Labute approximate surface area is 73.1 Å². The highest BCUT2D eigenvalue weighted by molar-refractivity contribution is 5.74. The monoisotopic (exact) mass is 171 g/mol. The van der Waals surface area contributed by atoms with E-state index >= 15 is 0 Å². The second-order valence-corrected chi connectivity index (χ2v) is 3.09. The second kappa shape index (κ2) is 4.98. The molecule has 1 aliphatic rings. The first-order valence-corrected chi connectivity index (χ1v) is 4.58.